The second-order valence-corrected chi connectivity index (χ2v) is 6.11. The number of aliphatic hydroxyl groups is 1. The first-order valence-electron chi connectivity index (χ1n) is 6.11. The van der Waals surface area contributed by atoms with Gasteiger partial charge in [-0.2, -0.15) is 0 Å². The highest BCUT2D eigenvalue weighted by atomic mass is 35.5. The van der Waals surface area contributed by atoms with Crippen LogP contribution in [0.15, 0.2) is 36.4 Å². The first-order valence-corrected chi connectivity index (χ1v) is 7.31. The number of aliphatic hydroxyl groups excluding tert-OH is 1. The van der Waals surface area contributed by atoms with E-state index in [4.69, 9.17) is 11.6 Å². The quantitative estimate of drug-likeness (QED) is 0.805. The largest absolute Gasteiger partial charge is 0.389 e. The van der Waals surface area contributed by atoms with E-state index in [-0.39, 0.29) is 6.03 Å². The lowest BCUT2D eigenvalue weighted by atomic mass is 10.1. The molecule has 0 spiro atoms. The topological polar surface area (TPSA) is 61.4 Å². The number of benzene rings is 1. The van der Waals surface area contributed by atoms with E-state index in [1.54, 1.807) is 37.3 Å². The highest BCUT2D eigenvalue weighted by Gasteiger charge is 2.05. The molecule has 1 unspecified atom stereocenters. The minimum atomic E-state index is -0.562. The maximum Gasteiger partial charge on any atom is 0.319 e. The average molecular weight is 311 g/mol. The summed E-state index contributed by atoms with van der Waals surface area (Å²) >= 11 is 7.25. The summed E-state index contributed by atoms with van der Waals surface area (Å²) in [7, 11) is 0. The predicted molar refractivity (Wildman–Crippen MR) is 82.3 cm³/mol. The Kier molecular flexibility index (Phi) is 5.00. The summed E-state index contributed by atoms with van der Waals surface area (Å²) in [4.78, 5) is 12.7. The fraction of sp³-hybridized carbons (Fsp3) is 0.214. The number of amides is 2. The molecule has 4 nitrogen and oxygen atoms in total. The van der Waals surface area contributed by atoms with Crippen molar-refractivity contribution in [2.24, 2.45) is 0 Å². The molecule has 2 amide bonds. The van der Waals surface area contributed by atoms with Gasteiger partial charge in [-0.1, -0.05) is 23.7 Å². The Balaban J connectivity index is 1.89. The van der Waals surface area contributed by atoms with Crippen LogP contribution in [0.4, 0.5) is 10.5 Å². The molecular weight excluding hydrogens is 296 g/mol. The zero-order valence-corrected chi connectivity index (χ0v) is 12.5. The molecule has 0 bridgehead atoms. The highest BCUT2D eigenvalue weighted by molar-refractivity contribution is 7.16. The number of urea groups is 1. The Bertz CT molecular complexity index is 598. The Morgan fingerprint density at radius 3 is 2.85 bits per heavy atom. The number of hydrogen-bond acceptors (Lipinski definition) is 3. The van der Waals surface area contributed by atoms with Crippen molar-refractivity contribution in [2.45, 2.75) is 19.6 Å². The number of carbonyl (C=O) groups excluding carboxylic acids is 1. The molecular formula is C14H15ClN2O2S. The van der Waals surface area contributed by atoms with Crippen molar-refractivity contribution in [3.63, 3.8) is 0 Å². The maximum atomic E-state index is 11.8. The Hall–Kier alpha value is -1.56. The first-order chi connectivity index (χ1) is 9.54. The van der Waals surface area contributed by atoms with Gasteiger partial charge in [-0.25, -0.2) is 4.79 Å². The molecule has 0 aliphatic rings. The van der Waals surface area contributed by atoms with E-state index in [9.17, 15) is 9.90 Å². The van der Waals surface area contributed by atoms with Crippen LogP contribution in [0, 0.1) is 0 Å². The van der Waals surface area contributed by atoms with Crippen LogP contribution in [-0.2, 0) is 6.54 Å². The molecule has 1 aromatic carbocycles. The van der Waals surface area contributed by atoms with Crippen molar-refractivity contribution in [2.75, 3.05) is 5.32 Å². The van der Waals surface area contributed by atoms with Crippen LogP contribution in [0.25, 0.3) is 0 Å². The van der Waals surface area contributed by atoms with Crippen LogP contribution >= 0.6 is 22.9 Å². The third-order valence-electron chi connectivity index (χ3n) is 2.68. The van der Waals surface area contributed by atoms with Gasteiger partial charge in [0.15, 0.2) is 0 Å². The minimum absolute atomic E-state index is 0.294. The summed E-state index contributed by atoms with van der Waals surface area (Å²) in [5.74, 6) is 0. The number of anilines is 1. The number of carbonyl (C=O) groups is 1. The standard InChI is InChI=1S/C14H15ClN2O2S/c1-9(18)10-3-2-4-11(7-10)17-14(19)16-8-12-5-6-13(15)20-12/h2-7,9,18H,8H2,1H3,(H2,16,17,19). The van der Waals surface area contributed by atoms with E-state index < -0.39 is 6.10 Å². The Labute approximate surface area is 126 Å². The molecule has 2 rings (SSSR count). The van der Waals surface area contributed by atoms with Crippen LogP contribution < -0.4 is 10.6 Å². The second kappa shape index (κ2) is 6.74. The van der Waals surface area contributed by atoms with Crippen molar-refractivity contribution in [1.29, 1.82) is 0 Å². The normalized spacial score (nSPS) is 11.9. The highest BCUT2D eigenvalue weighted by Crippen LogP contribution is 2.21. The number of hydrogen-bond donors (Lipinski definition) is 3. The van der Waals surface area contributed by atoms with E-state index in [0.29, 0.717) is 16.6 Å². The van der Waals surface area contributed by atoms with Gasteiger partial charge in [0.2, 0.25) is 0 Å². The van der Waals surface area contributed by atoms with Gasteiger partial charge in [-0.05, 0) is 36.8 Å². The minimum Gasteiger partial charge on any atom is -0.389 e. The van der Waals surface area contributed by atoms with E-state index >= 15 is 0 Å². The first kappa shape index (κ1) is 14.8. The summed E-state index contributed by atoms with van der Waals surface area (Å²) < 4.78 is 0.701. The summed E-state index contributed by atoms with van der Waals surface area (Å²) in [6.07, 6.45) is -0.562. The molecule has 6 heteroatoms. The lowest BCUT2D eigenvalue weighted by molar-refractivity contribution is 0.199. The number of halogens is 1. The molecule has 3 N–H and O–H groups in total. The van der Waals surface area contributed by atoms with E-state index in [1.165, 1.54) is 11.3 Å². The number of nitrogens with one attached hydrogen (secondary N) is 2. The van der Waals surface area contributed by atoms with Crippen molar-refractivity contribution < 1.29 is 9.90 Å². The van der Waals surface area contributed by atoms with Crippen LogP contribution in [0.1, 0.15) is 23.5 Å². The van der Waals surface area contributed by atoms with E-state index in [1.807, 2.05) is 6.07 Å². The van der Waals surface area contributed by atoms with Crippen molar-refractivity contribution in [3.8, 4) is 0 Å². The van der Waals surface area contributed by atoms with Crippen molar-refractivity contribution >= 4 is 34.7 Å². The smallest absolute Gasteiger partial charge is 0.319 e. The SMILES string of the molecule is CC(O)c1cccc(NC(=O)NCc2ccc(Cl)s2)c1. The number of rotatable bonds is 4. The summed E-state index contributed by atoms with van der Waals surface area (Å²) in [5.41, 5.74) is 1.40. The van der Waals surface area contributed by atoms with Crippen LogP contribution in [0.3, 0.4) is 0 Å². The molecule has 1 heterocycles. The Morgan fingerprint density at radius 2 is 2.20 bits per heavy atom. The lowest BCUT2D eigenvalue weighted by Crippen LogP contribution is -2.27. The van der Waals surface area contributed by atoms with Gasteiger partial charge in [0.1, 0.15) is 0 Å². The number of thiophene rings is 1. The van der Waals surface area contributed by atoms with Gasteiger partial charge in [0.05, 0.1) is 17.0 Å². The average Bonchev–Trinajstić information content (AvgIpc) is 2.82. The fourth-order valence-corrected chi connectivity index (χ4v) is 2.69. The van der Waals surface area contributed by atoms with Gasteiger partial charge in [0.25, 0.3) is 0 Å². The molecule has 1 atom stereocenters. The third-order valence-corrected chi connectivity index (χ3v) is 3.91. The van der Waals surface area contributed by atoms with Crippen molar-refractivity contribution in [1.82, 2.24) is 5.32 Å². The molecule has 0 aliphatic heterocycles. The van der Waals surface area contributed by atoms with E-state index in [2.05, 4.69) is 10.6 Å². The van der Waals surface area contributed by atoms with Gasteiger partial charge < -0.3 is 15.7 Å². The molecule has 20 heavy (non-hydrogen) atoms. The van der Waals surface area contributed by atoms with Gasteiger partial charge in [-0.3, -0.25) is 0 Å². The van der Waals surface area contributed by atoms with Crippen LogP contribution in [-0.4, -0.2) is 11.1 Å². The molecule has 106 valence electrons. The summed E-state index contributed by atoms with van der Waals surface area (Å²) in [5, 5.41) is 15.0. The van der Waals surface area contributed by atoms with Gasteiger partial charge >= 0.3 is 6.03 Å². The molecule has 2 aromatic rings. The fourth-order valence-electron chi connectivity index (χ4n) is 1.67. The zero-order chi connectivity index (χ0) is 14.5. The van der Waals surface area contributed by atoms with Crippen molar-refractivity contribution in [3.05, 3.63) is 51.2 Å². The summed E-state index contributed by atoms with van der Waals surface area (Å²) in [6.45, 7) is 2.11. The van der Waals surface area contributed by atoms with Crippen LogP contribution in [0.2, 0.25) is 4.34 Å². The molecule has 0 radical (unpaired) electrons. The second-order valence-electron chi connectivity index (χ2n) is 4.31. The molecule has 0 saturated heterocycles. The predicted octanol–water partition coefficient (Wildman–Crippen LogP) is 3.78. The molecule has 0 fully saturated rings. The molecule has 0 aliphatic carbocycles. The molecule has 1 aromatic heterocycles. The summed E-state index contributed by atoms with van der Waals surface area (Å²) in [6, 6.07) is 10.5. The third kappa shape index (κ3) is 4.23. The lowest BCUT2D eigenvalue weighted by Gasteiger charge is -2.09. The zero-order valence-electron chi connectivity index (χ0n) is 10.9. The van der Waals surface area contributed by atoms with Gasteiger partial charge in [0, 0.05) is 10.6 Å². The molecule has 0 saturated carbocycles. The van der Waals surface area contributed by atoms with Gasteiger partial charge in [-0.15, -0.1) is 11.3 Å². The monoisotopic (exact) mass is 310 g/mol. The van der Waals surface area contributed by atoms with Crippen LogP contribution in [0.5, 0.6) is 0 Å². The Morgan fingerprint density at radius 1 is 1.40 bits per heavy atom. The maximum absolute atomic E-state index is 11.8. The van der Waals surface area contributed by atoms with E-state index in [0.717, 1.165) is 10.4 Å².